The van der Waals surface area contributed by atoms with Gasteiger partial charge in [-0.05, 0) is 43.9 Å². The Morgan fingerprint density at radius 3 is 2.47 bits per heavy atom. The fraction of sp³-hybridized carbons (Fsp3) is 0.857. The summed E-state index contributed by atoms with van der Waals surface area (Å²) >= 11 is 0. The predicted molar refractivity (Wildman–Crippen MR) is 71.9 cm³/mol. The molecule has 2 amide bonds. The summed E-state index contributed by atoms with van der Waals surface area (Å²) in [5, 5.41) is 12.2. The molecule has 1 saturated carbocycles. The van der Waals surface area contributed by atoms with Crippen molar-refractivity contribution >= 4 is 12.0 Å². The summed E-state index contributed by atoms with van der Waals surface area (Å²) in [5.41, 5.74) is 0. The molecule has 2 aliphatic rings. The maximum absolute atomic E-state index is 12.3. The van der Waals surface area contributed by atoms with Crippen LogP contribution in [-0.4, -0.2) is 40.6 Å². The number of likely N-dealkylation sites (tertiary alicyclic amines) is 1. The molecule has 2 fully saturated rings. The van der Waals surface area contributed by atoms with Crippen LogP contribution in [0.1, 0.15) is 46.0 Å². The van der Waals surface area contributed by atoms with E-state index in [0.717, 1.165) is 25.7 Å². The van der Waals surface area contributed by atoms with Crippen LogP contribution in [-0.2, 0) is 4.79 Å². The van der Waals surface area contributed by atoms with Gasteiger partial charge in [-0.3, -0.25) is 0 Å². The summed E-state index contributed by atoms with van der Waals surface area (Å²) in [5.74, 6) is 0.210. The first-order chi connectivity index (χ1) is 9.00. The molecule has 2 N–H and O–H groups in total. The lowest BCUT2D eigenvalue weighted by Crippen LogP contribution is -2.54. The molecule has 0 bridgehead atoms. The van der Waals surface area contributed by atoms with Gasteiger partial charge < -0.3 is 15.3 Å². The van der Waals surface area contributed by atoms with Gasteiger partial charge in [0.15, 0.2) is 0 Å². The monoisotopic (exact) mass is 268 g/mol. The van der Waals surface area contributed by atoms with Crippen LogP contribution in [0.15, 0.2) is 0 Å². The highest BCUT2D eigenvalue weighted by Gasteiger charge is 2.36. The van der Waals surface area contributed by atoms with Crippen molar-refractivity contribution in [1.82, 2.24) is 10.2 Å². The molecule has 0 spiro atoms. The average molecular weight is 268 g/mol. The Hall–Kier alpha value is -1.26. The minimum atomic E-state index is -0.886. The van der Waals surface area contributed by atoms with E-state index >= 15 is 0 Å². The summed E-state index contributed by atoms with van der Waals surface area (Å²) in [4.78, 5) is 25.0. The second kappa shape index (κ2) is 5.80. The topological polar surface area (TPSA) is 69.6 Å². The number of carbonyl (C=O) groups is 2. The first-order valence-electron chi connectivity index (χ1n) is 7.30. The van der Waals surface area contributed by atoms with Crippen molar-refractivity contribution < 1.29 is 14.7 Å². The van der Waals surface area contributed by atoms with Gasteiger partial charge in [0.1, 0.15) is 6.04 Å². The van der Waals surface area contributed by atoms with Gasteiger partial charge >= 0.3 is 12.0 Å². The lowest BCUT2D eigenvalue weighted by molar-refractivity contribution is -0.143. The smallest absolute Gasteiger partial charge is 0.326 e. The third-order valence-corrected chi connectivity index (χ3v) is 4.82. The van der Waals surface area contributed by atoms with Gasteiger partial charge in [0.25, 0.3) is 0 Å². The molecule has 19 heavy (non-hydrogen) atoms. The Kier molecular flexibility index (Phi) is 4.32. The molecule has 2 rings (SSSR count). The molecule has 0 aromatic heterocycles. The molecule has 1 saturated heterocycles. The number of hydrogen-bond donors (Lipinski definition) is 2. The number of nitrogens with zero attached hydrogens (tertiary/aromatic N) is 1. The zero-order chi connectivity index (χ0) is 14.0. The minimum Gasteiger partial charge on any atom is -0.480 e. The molecular formula is C14H24N2O3. The molecule has 5 heteroatoms. The van der Waals surface area contributed by atoms with Crippen molar-refractivity contribution in [2.45, 2.75) is 58.0 Å². The fourth-order valence-electron chi connectivity index (χ4n) is 3.24. The number of carboxylic acids is 1. The highest BCUT2D eigenvalue weighted by Crippen LogP contribution is 2.31. The van der Waals surface area contributed by atoms with Gasteiger partial charge in [-0.2, -0.15) is 0 Å². The second-order valence-corrected chi connectivity index (χ2v) is 6.01. The predicted octanol–water partition coefficient (Wildman–Crippen LogP) is 2.07. The first kappa shape index (κ1) is 14.2. The Morgan fingerprint density at radius 1 is 1.16 bits per heavy atom. The van der Waals surface area contributed by atoms with Crippen LogP contribution in [0.3, 0.4) is 0 Å². The summed E-state index contributed by atoms with van der Waals surface area (Å²) in [6.45, 7) is 4.92. The SMILES string of the molecule is CC1CCC(NC(=O)N2CCCCC2C(=O)O)C1C. The Labute approximate surface area is 114 Å². The summed E-state index contributed by atoms with van der Waals surface area (Å²) < 4.78 is 0. The van der Waals surface area contributed by atoms with Crippen LogP contribution < -0.4 is 5.32 Å². The van der Waals surface area contributed by atoms with E-state index in [2.05, 4.69) is 19.2 Å². The number of hydrogen-bond acceptors (Lipinski definition) is 2. The number of aliphatic carboxylic acids is 1. The van der Waals surface area contributed by atoms with E-state index in [0.29, 0.717) is 24.8 Å². The molecule has 0 radical (unpaired) electrons. The molecule has 0 aromatic carbocycles. The van der Waals surface area contributed by atoms with E-state index in [9.17, 15) is 14.7 Å². The maximum atomic E-state index is 12.3. The van der Waals surface area contributed by atoms with Crippen LogP contribution in [0, 0.1) is 11.8 Å². The summed E-state index contributed by atoms with van der Waals surface area (Å²) in [6, 6.07) is -0.653. The molecule has 1 aliphatic carbocycles. The number of carboxylic acid groups (broad SMARTS) is 1. The molecular weight excluding hydrogens is 244 g/mol. The van der Waals surface area contributed by atoms with Gasteiger partial charge in [-0.15, -0.1) is 0 Å². The Bertz CT molecular complexity index is 359. The van der Waals surface area contributed by atoms with Crippen molar-refractivity contribution in [1.29, 1.82) is 0 Å². The van der Waals surface area contributed by atoms with Crippen LogP contribution >= 0.6 is 0 Å². The van der Waals surface area contributed by atoms with E-state index in [4.69, 9.17) is 0 Å². The molecule has 1 heterocycles. The second-order valence-electron chi connectivity index (χ2n) is 6.01. The fourth-order valence-corrected chi connectivity index (χ4v) is 3.24. The van der Waals surface area contributed by atoms with Crippen LogP contribution in [0.5, 0.6) is 0 Å². The maximum Gasteiger partial charge on any atom is 0.326 e. The molecule has 0 aromatic rings. The lowest BCUT2D eigenvalue weighted by Gasteiger charge is -2.34. The van der Waals surface area contributed by atoms with E-state index in [1.807, 2.05) is 0 Å². The number of urea groups is 1. The highest BCUT2D eigenvalue weighted by atomic mass is 16.4. The van der Waals surface area contributed by atoms with Gasteiger partial charge in [0.2, 0.25) is 0 Å². The van der Waals surface area contributed by atoms with Crippen LogP contribution in [0.25, 0.3) is 0 Å². The van der Waals surface area contributed by atoms with E-state index in [1.165, 1.54) is 4.90 Å². The van der Waals surface area contributed by atoms with E-state index in [-0.39, 0.29) is 12.1 Å². The lowest BCUT2D eigenvalue weighted by atomic mass is 9.98. The summed E-state index contributed by atoms with van der Waals surface area (Å²) in [6.07, 6.45) is 4.49. The number of rotatable bonds is 2. The van der Waals surface area contributed by atoms with Gasteiger partial charge in [0, 0.05) is 12.6 Å². The number of piperidine rings is 1. The normalized spacial score (nSPS) is 35.2. The molecule has 4 unspecified atom stereocenters. The van der Waals surface area contributed by atoms with Crippen molar-refractivity contribution in [3.05, 3.63) is 0 Å². The third kappa shape index (κ3) is 3.01. The molecule has 4 atom stereocenters. The first-order valence-corrected chi connectivity index (χ1v) is 7.30. The van der Waals surface area contributed by atoms with Gasteiger partial charge in [0.05, 0.1) is 0 Å². The van der Waals surface area contributed by atoms with Crippen molar-refractivity contribution in [2.24, 2.45) is 11.8 Å². The van der Waals surface area contributed by atoms with E-state index < -0.39 is 12.0 Å². The minimum absolute atomic E-state index is 0.193. The average Bonchev–Trinajstić information content (AvgIpc) is 2.70. The largest absolute Gasteiger partial charge is 0.480 e. The summed E-state index contributed by atoms with van der Waals surface area (Å²) in [7, 11) is 0. The van der Waals surface area contributed by atoms with Crippen molar-refractivity contribution in [3.8, 4) is 0 Å². The zero-order valence-corrected chi connectivity index (χ0v) is 11.8. The number of amides is 2. The van der Waals surface area contributed by atoms with Gasteiger partial charge in [-0.1, -0.05) is 13.8 Å². The molecule has 1 aliphatic heterocycles. The number of nitrogens with one attached hydrogen (secondary N) is 1. The quantitative estimate of drug-likeness (QED) is 0.805. The number of carbonyl (C=O) groups excluding carboxylic acids is 1. The highest BCUT2D eigenvalue weighted by molar-refractivity contribution is 5.83. The Morgan fingerprint density at radius 2 is 1.89 bits per heavy atom. The molecule has 5 nitrogen and oxygen atoms in total. The Balaban J connectivity index is 1.96. The standard InChI is InChI=1S/C14H24N2O3/c1-9-6-7-11(10(9)2)15-14(19)16-8-4-3-5-12(16)13(17)18/h9-12H,3-8H2,1-2H3,(H,15,19)(H,17,18). The zero-order valence-electron chi connectivity index (χ0n) is 11.8. The van der Waals surface area contributed by atoms with Crippen molar-refractivity contribution in [2.75, 3.05) is 6.54 Å². The van der Waals surface area contributed by atoms with Crippen LogP contribution in [0.4, 0.5) is 4.79 Å². The third-order valence-electron chi connectivity index (χ3n) is 4.82. The van der Waals surface area contributed by atoms with Gasteiger partial charge in [-0.25, -0.2) is 9.59 Å². The van der Waals surface area contributed by atoms with Crippen LogP contribution in [0.2, 0.25) is 0 Å². The van der Waals surface area contributed by atoms with Crippen molar-refractivity contribution in [3.63, 3.8) is 0 Å². The molecule has 108 valence electrons. The van der Waals surface area contributed by atoms with E-state index in [1.54, 1.807) is 0 Å².